The van der Waals surface area contributed by atoms with Crippen LogP contribution < -0.4 is 20.1 Å². The average molecular weight is 431 g/mol. The van der Waals surface area contributed by atoms with Crippen molar-refractivity contribution in [2.45, 2.75) is 57.6 Å². The van der Waals surface area contributed by atoms with Gasteiger partial charge in [0.05, 0.1) is 32.9 Å². The van der Waals surface area contributed by atoms with Gasteiger partial charge in [0.2, 0.25) is 11.8 Å². The van der Waals surface area contributed by atoms with Gasteiger partial charge in [0.1, 0.15) is 5.75 Å². The molecule has 10 heteroatoms. The van der Waals surface area contributed by atoms with Crippen LogP contribution in [0.1, 0.15) is 50.3 Å². The Kier molecular flexibility index (Phi) is 7.32. The van der Waals surface area contributed by atoms with E-state index >= 15 is 0 Å². The van der Waals surface area contributed by atoms with Crippen LogP contribution in [0.5, 0.6) is 11.6 Å². The van der Waals surface area contributed by atoms with Crippen LogP contribution in [0, 0.1) is 0 Å². The lowest BCUT2D eigenvalue weighted by molar-refractivity contribution is -0.115. The lowest BCUT2D eigenvalue weighted by Crippen LogP contribution is -2.34. The molecule has 2 amide bonds. The van der Waals surface area contributed by atoms with E-state index < -0.39 is 0 Å². The zero-order valence-electron chi connectivity index (χ0n) is 18.2. The number of alkyl carbamates (subject to hydrolysis) is 1. The number of hydrogen-bond donors (Lipinski definition) is 3. The third kappa shape index (κ3) is 6.09. The Morgan fingerprint density at radius 2 is 2.03 bits per heavy atom. The number of methoxy groups -OCH3 is 2. The fourth-order valence-corrected chi connectivity index (χ4v) is 3.68. The molecule has 31 heavy (non-hydrogen) atoms. The van der Waals surface area contributed by atoms with Crippen LogP contribution in [0.4, 0.5) is 10.6 Å². The smallest absolute Gasteiger partial charge is 0.407 e. The summed E-state index contributed by atoms with van der Waals surface area (Å²) in [6, 6.07) is 3.57. The summed E-state index contributed by atoms with van der Waals surface area (Å²) in [6.07, 6.45) is 3.65. The molecule has 2 heterocycles. The number of H-pyrrole nitrogens is 1. The maximum atomic E-state index is 12.5. The molecule has 1 fully saturated rings. The number of pyridine rings is 1. The van der Waals surface area contributed by atoms with Crippen molar-refractivity contribution in [3.8, 4) is 11.6 Å². The normalized spacial score (nSPS) is 18.0. The molecule has 2 atom stereocenters. The first-order valence-corrected chi connectivity index (χ1v) is 10.3. The highest BCUT2D eigenvalue weighted by molar-refractivity contribution is 5.91. The summed E-state index contributed by atoms with van der Waals surface area (Å²) in [4.78, 5) is 28.4. The van der Waals surface area contributed by atoms with Crippen LogP contribution in [0.15, 0.2) is 18.3 Å². The van der Waals surface area contributed by atoms with Crippen molar-refractivity contribution in [2.24, 2.45) is 0 Å². The third-order valence-corrected chi connectivity index (χ3v) is 5.11. The minimum Gasteiger partial charge on any atom is -0.495 e. The summed E-state index contributed by atoms with van der Waals surface area (Å²) in [5.74, 6) is 1.38. The summed E-state index contributed by atoms with van der Waals surface area (Å²) in [5, 5.41) is 12.9. The minimum absolute atomic E-state index is 0.0618. The highest BCUT2D eigenvalue weighted by atomic mass is 16.6. The molecule has 3 N–H and O–H groups in total. The van der Waals surface area contributed by atoms with E-state index in [2.05, 4.69) is 25.8 Å². The lowest BCUT2D eigenvalue weighted by atomic mass is 10.0. The maximum Gasteiger partial charge on any atom is 0.407 e. The zero-order chi connectivity index (χ0) is 22.4. The molecule has 3 rings (SSSR count). The summed E-state index contributed by atoms with van der Waals surface area (Å²) in [7, 11) is 3.04. The van der Waals surface area contributed by atoms with Gasteiger partial charge in [0, 0.05) is 35.3 Å². The first kappa shape index (κ1) is 22.4. The second-order valence-electron chi connectivity index (χ2n) is 7.78. The number of rotatable bonds is 8. The first-order valence-electron chi connectivity index (χ1n) is 10.3. The van der Waals surface area contributed by atoms with Crippen LogP contribution in [0.3, 0.4) is 0 Å². The topological polar surface area (TPSA) is 127 Å². The largest absolute Gasteiger partial charge is 0.495 e. The minimum atomic E-state index is -0.388. The van der Waals surface area contributed by atoms with E-state index in [1.807, 2.05) is 19.9 Å². The fourth-order valence-electron chi connectivity index (χ4n) is 3.68. The summed E-state index contributed by atoms with van der Waals surface area (Å²) in [6.45, 7) is 3.64. The van der Waals surface area contributed by atoms with Crippen molar-refractivity contribution in [3.63, 3.8) is 0 Å². The van der Waals surface area contributed by atoms with E-state index in [1.165, 1.54) is 20.4 Å². The average Bonchev–Trinajstić information content (AvgIpc) is 3.36. The standard InChI is InChI=1S/C21H29N5O5/c1-12(2)31-21(28)23-15-6-5-13(7-15)16-10-18(26-25-16)24-19(27)8-14-9-20(30-4)22-11-17(14)29-3/h9-13,15H,5-8H2,1-4H3,(H,23,28)(H2,24,25,26,27)/t13-,15+/m0/s1. The number of aromatic nitrogens is 3. The van der Waals surface area contributed by atoms with Gasteiger partial charge in [-0.25, -0.2) is 9.78 Å². The van der Waals surface area contributed by atoms with Crippen LogP contribution in [0.2, 0.25) is 0 Å². The van der Waals surface area contributed by atoms with Crippen LogP contribution >= 0.6 is 0 Å². The quantitative estimate of drug-likeness (QED) is 0.586. The maximum absolute atomic E-state index is 12.5. The van der Waals surface area contributed by atoms with Crippen molar-refractivity contribution in [1.29, 1.82) is 0 Å². The molecular weight excluding hydrogens is 402 g/mol. The Morgan fingerprint density at radius 3 is 2.74 bits per heavy atom. The number of carbonyl (C=O) groups excluding carboxylic acids is 2. The van der Waals surface area contributed by atoms with Crippen LogP contribution in [-0.4, -0.2) is 53.5 Å². The van der Waals surface area contributed by atoms with Crippen LogP contribution in [0.25, 0.3) is 0 Å². The molecular formula is C21H29N5O5. The van der Waals surface area contributed by atoms with Crippen molar-refractivity contribution < 1.29 is 23.8 Å². The predicted molar refractivity (Wildman–Crippen MR) is 113 cm³/mol. The first-order chi connectivity index (χ1) is 14.9. The number of carbonyl (C=O) groups is 2. The molecule has 0 aromatic carbocycles. The highest BCUT2D eigenvalue weighted by Gasteiger charge is 2.29. The third-order valence-electron chi connectivity index (χ3n) is 5.11. The van der Waals surface area contributed by atoms with Gasteiger partial charge in [-0.1, -0.05) is 0 Å². The van der Waals surface area contributed by atoms with Crippen LogP contribution in [-0.2, 0) is 16.0 Å². The molecule has 168 valence electrons. The van der Waals surface area contributed by atoms with E-state index in [-0.39, 0.29) is 36.5 Å². The number of aromatic amines is 1. The zero-order valence-corrected chi connectivity index (χ0v) is 18.2. The summed E-state index contributed by atoms with van der Waals surface area (Å²) in [5.41, 5.74) is 1.60. The number of nitrogens with one attached hydrogen (secondary N) is 3. The van der Waals surface area contributed by atoms with Gasteiger partial charge in [0.25, 0.3) is 0 Å². The van der Waals surface area contributed by atoms with E-state index in [1.54, 1.807) is 6.07 Å². The predicted octanol–water partition coefficient (Wildman–Crippen LogP) is 2.77. The molecule has 2 aromatic heterocycles. The van der Waals surface area contributed by atoms with E-state index in [9.17, 15) is 9.59 Å². The second kappa shape index (κ2) is 10.1. The van der Waals surface area contributed by atoms with Gasteiger partial charge in [0.15, 0.2) is 5.82 Å². The van der Waals surface area contributed by atoms with Crippen molar-refractivity contribution >= 4 is 17.8 Å². The summed E-state index contributed by atoms with van der Waals surface area (Å²) >= 11 is 0. The molecule has 0 bridgehead atoms. The molecule has 0 aliphatic heterocycles. The van der Waals surface area contributed by atoms with Crippen molar-refractivity contribution in [2.75, 3.05) is 19.5 Å². The number of hydrogen-bond acceptors (Lipinski definition) is 7. The monoisotopic (exact) mass is 431 g/mol. The molecule has 0 spiro atoms. The Morgan fingerprint density at radius 1 is 1.23 bits per heavy atom. The van der Waals surface area contributed by atoms with E-state index in [0.717, 1.165) is 25.0 Å². The second-order valence-corrected chi connectivity index (χ2v) is 7.78. The highest BCUT2D eigenvalue weighted by Crippen LogP contribution is 2.34. The van der Waals surface area contributed by atoms with Gasteiger partial charge in [-0.05, 0) is 33.1 Å². The number of amides is 2. The molecule has 0 unspecified atom stereocenters. The summed E-state index contributed by atoms with van der Waals surface area (Å²) < 4.78 is 15.5. The number of ether oxygens (including phenoxy) is 3. The number of anilines is 1. The van der Waals surface area contributed by atoms with Gasteiger partial charge >= 0.3 is 6.09 Å². The Labute approximate surface area is 181 Å². The van der Waals surface area contributed by atoms with E-state index in [4.69, 9.17) is 14.2 Å². The van der Waals surface area contributed by atoms with Gasteiger partial charge in [-0.2, -0.15) is 5.10 Å². The molecule has 2 aromatic rings. The SMILES string of the molecule is COc1cc(CC(=O)Nc2cc([C@H]3CC[C@@H](NC(=O)OC(C)C)C3)[nH]n2)c(OC)cn1. The van der Waals surface area contributed by atoms with Gasteiger partial charge in [-0.3, -0.25) is 9.89 Å². The fraction of sp³-hybridized carbons (Fsp3) is 0.524. The lowest BCUT2D eigenvalue weighted by Gasteiger charge is -2.14. The van der Waals surface area contributed by atoms with Crippen molar-refractivity contribution in [3.05, 3.63) is 29.6 Å². The Balaban J connectivity index is 1.54. The van der Waals surface area contributed by atoms with Gasteiger partial charge in [-0.15, -0.1) is 0 Å². The van der Waals surface area contributed by atoms with E-state index in [0.29, 0.717) is 23.0 Å². The molecule has 10 nitrogen and oxygen atoms in total. The molecule has 0 saturated heterocycles. The molecule has 1 saturated carbocycles. The molecule has 1 aliphatic carbocycles. The molecule has 1 aliphatic rings. The number of nitrogens with zero attached hydrogens (tertiary/aromatic N) is 2. The molecule has 0 radical (unpaired) electrons. The Hall–Kier alpha value is -3.30. The van der Waals surface area contributed by atoms with Gasteiger partial charge < -0.3 is 24.8 Å². The Bertz CT molecular complexity index is 913. The van der Waals surface area contributed by atoms with Crippen molar-refractivity contribution in [1.82, 2.24) is 20.5 Å².